The zero-order chi connectivity index (χ0) is 23.8. The van der Waals surface area contributed by atoms with Crippen LogP contribution < -0.4 is 5.32 Å². The fourth-order valence-corrected chi connectivity index (χ4v) is 5.12. The number of nitrogens with zero attached hydrogens (tertiary/aromatic N) is 2. The minimum absolute atomic E-state index is 0.176. The van der Waals surface area contributed by atoms with Crippen molar-refractivity contribution in [3.63, 3.8) is 0 Å². The number of nitrogens with one attached hydrogen (secondary N) is 1. The lowest BCUT2D eigenvalue weighted by molar-refractivity contribution is -0.115. The van der Waals surface area contributed by atoms with Crippen LogP contribution in [0.4, 0.5) is 5.69 Å². The van der Waals surface area contributed by atoms with Crippen LogP contribution >= 0.6 is 46.6 Å². The first-order chi connectivity index (χ1) is 16.4. The van der Waals surface area contributed by atoms with Crippen LogP contribution in [0.25, 0.3) is 17.0 Å². The Bertz CT molecular complexity index is 1510. The zero-order valence-corrected chi connectivity index (χ0v) is 21.1. The molecular weight excluding hydrogens is 509 g/mol. The summed E-state index contributed by atoms with van der Waals surface area (Å²) in [7, 11) is 0. The lowest BCUT2D eigenvalue weighted by Crippen LogP contribution is -2.19. The molecule has 8 heteroatoms. The summed E-state index contributed by atoms with van der Waals surface area (Å²) in [4.78, 5) is 17.9. The number of carbonyl (C=O) groups is 1. The van der Waals surface area contributed by atoms with E-state index in [1.165, 1.54) is 11.8 Å². The Morgan fingerprint density at radius 1 is 1.00 bits per heavy atom. The molecule has 2 heterocycles. The molecule has 1 N–H and O–H groups in total. The fraction of sp³-hybridized carbons (Fsp3) is 0.0769. The van der Waals surface area contributed by atoms with Gasteiger partial charge in [0.1, 0.15) is 0 Å². The molecule has 1 amide bonds. The van der Waals surface area contributed by atoms with Gasteiger partial charge in [0.15, 0.2) is 5.17 Å². The Labute approximate surface area is 216 Å². The third-order valence-corrected chi connectivity index (χ3v) is 7.61. The molecule has 1 aliphatic heterocycles. The van der Waals surface area contributed by atoms with Crippen LogP contribution in [0.3, 0.4) is 0 Å². The molecule has 4 nitrogen and oxygen atoms in total. The van der Waals surface area contributed by atoms with Crippen molar-refractivity contribution < 1.29 is 4.79 Å². The highest BCUT2D eigenvalue weighted by atomic mass is 35.5. The van der Waals surface area contributed by atoms with E-state index < -0.39 is 0 Å². The van der Waals surface area contributed by atoms with E-state index in [0.717, 1.165) is 33.3 Å². The molecule has 0 radical (unpaired) electrons. The van der Waals surface area contributed by atoms with Gasteiger partial charge in [-0.25, -0.2) is 4.99 Å². The molecule has 3 aromatic carbocycles. The molecule has 1 aliphatic rings. The van der Waals surface area contributed by atoms with E-state index in [-0.39, 0.29) is 5.91 Å². The highest BCUT2D eigenvalue weighted by Gasteiger charge is 2.24. The van der Waals surface area contributed by atoms with Gasteiger partial charge >= 0.3 is 0 Å². The van der Waals surface area contributed by atoms with E-state index >= 15 is 0 Å². The Hall–Kier alpha value is -2.70. The number of amidine groups is 1. The first-order valence-electron chi connectivity index (χ1n) is 10.5. The predicted octanol–water partition coefficient (Wildman–Crippen LogP) is 7.85. The Morgan fingerprint density at radius 2 is 1.82 bits per heavy atom. The molecule has 4 aromatic rings. The lowest BCUT2D eigenvalue weighted by atomic mass is 10.1. The summed E-state index contributed by atoms with van der Waals surface area (Å²) in [6.45, 7) is 2.53. The van der Waals surface area contributed by atoms with Crippen LogP contribution in [0.5, 0.6) is 0 Å². The first kappa shape index (κ1) is 23.1. The molecule has 5 rings (SSSR count). The topological polar surface area (TPSA) is 46.4 Å². The number of aromatic nitrogens is 1. The quantitative estimate of drug-likeness (QED) is 0.275. The predicted molar refractivity (Wildman–Crippen MR) is 144 cm³/mol. The van der Waals surface area contributed by atoms with Gasteiger partial charge in [-0.15, -0.1) is 0 Å². The largest absolute Gasteiger partial charge is 0.342 e. The number of rotatable bonds is 4. The van der Waals surface area contributed by atoms with Gasteiger partial charge in [-0.05, 0) is 66.2 Å². The number of halogens is 3. The number of carbonyl (C=O) groups excluding carboxylic acids is 1. The lowest BCUT2D eigenvalue weighted by Gasteiger charge is -2.06. The Balaban J connectivity index is 1.48. The molecule has 0 atom stereocenters. The van der Waals surface area contributed by atoms with Crippen LogP contribution in [0, 0.1) is 6.92 Å². The van der Waals surface area contributed by atoms with E-state index in [2.05, 4.69) is 27.0 Å². The van der Waals surface area contributed by atoms with Crippen LogP contribution in [0.15, 0.2) is 76.8 Å². The van der Waals surface area contributed by atoms with E-state index in [0.29, 0.717) is 31.7 Å². The summed E-state index contributed by atoms with van der Waals surface area (Å²) in [6, 6.07) is 19.3. The van der Waals surface area contributed by atoms with Crippen molar-refractivity contribution >= 4 is 80.3 Å². The molecular formula is C26H18Cl3N3OS. The van der Waals surface area contributed by atoms with Gasteiger partial charge in [0.05, 0.1) is 20.6 Å². The standard InChI is InChI=1S/C26H18Cl3N3OS/c1-15-19(27)6-4-7-22(15)30-26-31-25(33)24(34-26)12-17-14-32(23-8-3-2-5-18(17)23)13-16-9-10-20(28)21(29)11-16/h2-12,14H,13H2,1H3,(H,30,31,33)/b24-12-. The van der Waals surface area contributed by atoms with Crippen molar-refractivity contribution in [1.82, 2.24) is 9.88 Å². The monoisotopic (exact) mass is 525 g/mol. The Morgan fingerprint density at radius 3 is 2.65 bits per heavy atom. The summed E-state index contributed by atoms with van der Waals surface area (Å²) < 4.78 is 2.14. The average Bonchev–Trinajstić information content (AvgIpc) is 3.34. The van der Waals surface area contributed by atoms with Crippen LogP contribution in [0.2, 0.25) is 15.1 Å². The van der Waals surface area contributed by atoms with Crippen molar-refractivity contribution in [3.8, 4) is 0 Å². The van der Waals surface area contributed by atoms with Gasteiger partial charge in [-0.3, -0.25) is 4.79 Å². The van der Waals surface area contributed by atoms with E-state index in [1.807, 2.05) is 61.7 Å². The maximum absolute atomic E-state index is 12.7. The number of thioether (sulfide) groups is 1. The van der Waals surface area contributed by atoms with Crippen LogP contribution in [0.1, 0.15) is 16.7 Å². The van der Waals surface area contributed by atoms with Gasteiger partial charge in [0, 0.05) is 34.2 Å². The summed E-state index contributed by atoms with van der Waals surface area (Å²) in [6.07, 6.45) is 3.95. The van der Waals surface area contributed by atoms with Crippen molar-refractivity contribution in [3.05, 3.63) is 104 Å². The molecule has 1 aromatic heterocycles. The number of fused-ring (bicyclic) bond motifs is 1. The number of hydrogen-bond acceptors (Lipinski definition) is 3. The fourth-order valence-electron chi connectivity index (χ4n) is 3.80. The molecule has 0 bridgehead atoms. The minimum atomic E-state index is -0.176. The summed E-state index contributed by atoms with van der Waals surface area (Å²) in [5.41, 5.74) is 4.65. The maximum atomic E-state index is 12.7. The number of aliphatic imine (C=N–C) groups is 1. The Kier molecular flexibility index (Phi) is 6.45. The van der Waals surface area contributed by atoms with Gasteiger partial charge in [0.25, 0.3) is 5.91 Å². The third-order valence-electron chi connectivity index (χ3n) is 5.55. The van der Waals surface area contributed by atoms with E-state index in [1.54, 1.807) is 6.07 Å². The second-order valence-electron chi connectivity index (χ2n) is 7.84. The highest BCUT2D eigenvalue weighted by Crippen LogP contribution is 2.33. The maximum Gasteiger partial charge on any atom is 0.264 e. The molecule has 0 unspecified atom stereocenters. The van der Waals surface area contributed by atoms with Crippen LogP contribution in [-0.2, 0) is 11.3 Å². The number of benzene rings is 3. The van der Waals surface area contributed by atoms with Crippen molar-refractivity contribution in [2.75, 3.05) is 0 Å². The van der Waals surface area contributed by atoms with E-state index in [4.69, 9.17) is 34.8 Å². The third kappa shape index (κ3) is 4.62. The molecule has 0 spiro atoms. The summed E-state index contributed by atoms with van der Waals surface area (Å²) in [5.74, 6) is -0.176. The number of para-hydroxylation sites is 1. The normalized spacial score (nSPS) is 16.1. The second kappa shape index (κ2) is 9.51. The molecule has 1 fully saturated rings. The van der Waals surface area contributed by atoms with Crippen molar-refractivity contribution in [1.29, 1.82) is 0 Å². The minimum Gasteiger partial charge on any atom is -0.342 e. The smallest absolute Gasteiger partial charge is 0.264 e. The van der Waals surface area contributed by atoms with Gasteiger partial charge < -0.3 is 9.88 Å². The van der Waals surface area contributed by atoms with Crippen molar-refractivity contribution in [2.45, 2.75) is 13.5 Å². The van der Waals surface area contributed by atoms with Gasteiger partial charge in [0.2, 0.25) is 0 Å². The van der Waals surface area contributed by atoms with Gasteiger partial charge in [-0.1, -0.05) is 65.1 Å². The molecule has 0 saturated carbocycles. The highest BCUT2D eigenvalue weighted by molar-refractivity contribution is 8.18. The SMILES string of the molecule is Cc1c(Cl)cccc1N=C1NC(=O)/C(=C/c2cn(Cc3ccc(Cl)c(Cl)c3)c3ccccc23)S1. The van der Waals surface area contributed by atoms with Gasteiger partial charge in [-0.2, -0.15) is 0 Å². The molecule has 170 valence electrons. The summed E-state index contributed by atoms with van der Waals surface area (Å²) >= 11 is 19.8. The molecule has 1 saturated heterocycles. The number of hydrogen-bond donors (Lipinski definition) is 1. The second-order valence-corrected chi connectivity index (χ2v) is 10.1. The van der Waals surface area contributed by atoms with Crippen molar-refractivity contribution in [2.24, 2.45) is 4.99 Å². The first-order valence-corrected chi connectivity index (χ1v) is 12.4. The molecule has 0 aliphatic carbocycles. The molecule has 34 heavy (non-hydrogen) atoms. The average molecular weight is 527 g/mol. The number of amides is 1. The van der Waals surface area contributed by atoms with E-state index in [9.17, 15) is 4.79 Å². The zero-order valence-electron chi connectivity index (χ0n) is 18.0. The van der Waals surface area contributed by atoms with Crippen LogP contribution in [-0.4, -0.2) is 15.6 Å². The summed E-state index contributed by atoms with van der Waals surface area (Å²) in [5, 5.41) is 6.14.